The van der Waals surface area contributed by atoms with Crippen LogP contribution in [0.15, 0.2) is 5.10 Å². The molecule has 0 aromatic rings. The number of carboxylic acid groups (broad SMARTS) is 2. The predicted molar refractivity (Wildman–Crippen MR) is 53.7 cm³/mol. The molecule has 7 heteroatoms. The summed E-state index contributed by atoms with van der Waals surface area (Å²) in [4.78, 5) is 8.56. The molecule has 0 aliphatic heterocycles. The van der Waals surface area contributed by atoms with Crippen LogP contribution in [0.2, 0.25) is 0 Å². The Morgan fingerprint density at radius 1 is 1.57 bits per heavy atom. The van der Waals surface area contributed by atoms with Gasteiger partial charge >= 0.3 is 6.16 Å². The molecule has 0 amide bonds. The maximum Gasteiger partial charge on any atom is 0.503 e. The molecule has 0 radical (unpaired) electrons. The fourth-order valence-corrected chi connectivity index (χ4v) is 0.573. The summed E-state index contributed by atoms with van der Waals surface area (Å²) in [7, 11) is 0. The Bertz CT molecular complexity index is 211. The number of hydrogen-bond donors (Lipinski definition) is 5. The lowest BCUT2D eigenvalue weighted by atomic mass is 10.2. The monoisotopic (exact) mass is 204 g/mol. The maximum absolute atomic E-state index is 8.56. The lowest BCUT2D eigenvalue weighted by molar-refractivity contribution is 0.137. The molecule has 0 heterocycles. The molecule has 0 saturated carbocycles. The summed E-state index contributed by atoms with van der Waals surface area (Å²) in [5, 5.41) is 24.6. The van der Waals surface area contributed by atoms with Gasteiger partial charge in [0.1, 0.15) is 0 Å². The Morgan fingerprint density at radius 3 is 2.29 bits per heavy atom. The molecule has 0 fully saturated rings. The van der Waals surface area contributed by atoms with Gasteiger partial charge in [-0.05, 0) is 13.3 Å². The smallest absolute Gasteiger partial charge is 0.450 e. The molecule has 0 bridgehead atoms. The summed E-state index contributed by atoms with van der Waals surface area (Å²) < 4.78 is 0. The van der Waals surface area contributed by atoms with E-state index < -0.39 is 6.16 Å². The van der Waals surface area contributed by atoms with E-state index in [9.17, 15) is 0 Å². The van der Waals surface area contributed by atoms with E-state index in [2.05, 4.69) is 17.5 Å². The number of carbonyl (C=O) groups is 1. The van der Waals surface area contributed by atoms with Gasteiger partial charge in [0.15, 0.2) is 0 Å². The van der Waals surface area contributed by atoms with Crippen molar-refractivity contribution in [2.24, 2.45) is 10.8 Å². The topological polar surface area (TPSA) is 132 Å². The predicted octanol–water partition coefficient (Wildman–Crippen LogP) is 0.868. The highest BCUT2D eigenvalue weighted by Gasteiger charge is 1.87. The molecule has 0 rings (SSSR count). The van der Waals surface area contributed by atoms with Gasteiger partial charge in [-0.2, -0.15) is 5.10 Å². The van der Waals surface area contributed by atoms with Gasteiger partial charge in [-0.15, -0.1) is 0 Å². The molecule has 0 unspecified atom stereocenters. The summed E-state index contributed by atoms with van der Waals surface area (Å²) in [6.07, 6.45) is 0.176. The first-order chi connectivity index (χ1) is 6.40. The van der Waals surface area contributed by atoms with Crippen LogP contribution >= 0.6 is 0 Å². The Balaban J connectivity index is 0. The normalized spacial score (nSPS) is 9.71. The third kappa shape index (κ3) is 22.5. The van der Waals surface area contributed by atoms with Gasteiger partial charge in [0, 0.05) is 5.71 Å². The fraction of sp³-hybridized carbons (Fsp3) is 0.571. The molecular weight excluding hydrogens is 188 g/mol. The van der Waals surface area contributed by atoms with E-state index >= 15 is 0 Å². The molecule has 0 aliphatic rings. The summed E-state index contributed by atoms with van der Waals surface area (Å²) in [5.74, 6) is -0.115. The third-order valence-electron chi connectivity index (χ3n) is 0.979. The van der Waals surface area contributed by atoms with Crippen molar-refractivity contribution < 1.29 is 15.0 Å². The van der Waals surface area contributed by atoms with E-state index in [4.69, 9.17) is 26.2 Å². The van der Waals surface area contributed by atoms with Crippen LogP contribution in [0.3, 0.4) is 0 Å². The highest BCUT2D eigenvalue weighted by Crippen LogP contribution is 1.88. The molecule has 6 N–H and O–H groups in total. The second kappa shape index (κ2) is 9.30. The number of nitrogens with zero attached hydrogens (tertiary/aromatic N) is 1. The highest BCUT2D eigenvalue weighted by atomic mass is 16.6. The van der Waals surface area contributed by atoms with E-state index in [1.807, 2.05) is 6.92 Å². The second-order valence-corrected chi connectivity index (χ2v) is 2.41. The molecule has 7 nitrogen and oxygen atoms in total. The van der Waals surface area contributed by atoms with Gasteiger partial charge in [-0.25, -0.2) is 10.2 Å². The van der Waals surface area contributed by atoms with Crippen LogP contribution in [-0.2, 0) is 0 Å². The Hall–Kier alpha value is -1.79. The van der Waals surface area contributed by atoms with Crippen molar-refractivity contribution in [3.63, 3.8) is 0 Å². The Morgan fingerprint density at radius 2 is 2.00 bits per heavy atom. The number of nitrogens with two attached hydrogens (primary N) is 1. The minimum Gasteiger partial charge on any atom is -0.450 e. The summed E-state index contributed by atoms with van der Waals surface area (Å²) in [5.41, 5.74) is 8.35. The molecule has 82 valence electrons. The van der Waals surface area contributed by atoms with Crippen molar-refractivity contribution in [1.82, 2.24) is 5.43 Å². The molecule has 0 spiro atoms. The standard InChI is InChI=1S/C6H14N4.CH2O3/c1-3-4-5(2)9-10-6(7)8;2-1(3)4/h3-4H2,1-2H3,(H4,7,8,10);(H2,2,3,4). The van der Waals surface area contributed by atoms with Gasteiger partial charge in [-0.3, -0.25) is 5.41 Å². The van der Waals surface area contributed by atoms with Crippen LogP contribution in [-0.4, -0.2) is 28.0 Å². The van der Waals surface area contributed by atoms with E-state index in [0.29, 0.717) is 0 Å². The van der Waals surface area contributed by atoms with Crippen molar-refractivity contribution >= 4 is 17.8 Å². The molecule has 0 aromatic heterocycles. The first-order valence-corrected chi connectivity index (χ1v) is 3.95. The number of rotatable bonds is 3. The van der Waals surface area contributed by atoms with Gasteiger partial charge in [0.25, 0.3) is 0 Å². The minimum atomic E-state index is -1.83. The maximum atomic E-state index is 8.56. The third-order valence-corrected chi connectivity index (χ3v) is 0.979. The van der Waals surface area contributed by atoms with Crippen molar-refractivity contribution in [3.05, 3.63) is 0 Å². The number of nitrogens with one attached hydrogen (secondary N) is 2. The first kappa shape index (κ1) is 14.7. The molecular formula is C7H16N4O3. The molecule has 0 aromatic carbocycles. The van der Waals surface area contributed by atoms with Crippen LogP contribution in [0, 0.1) is 5.41 Å². The molecule has 0 atom stereocenters. The van der Waals surface area contributed by atoms with Crippen molar-refractivity contribution in [2.45, 2.75) is 26.7 Å². The summed E-state index contributed by atoms with van der Waals surface area (Å²) >= 11 is 0. The zero-order valence-corrected chi connectivity index (χ0v) is 8.24. The van der Waals surface area contributed by atoms with E-state index in [1.165, 1.54) is 0 Å². The van der Waals surface area contributed by atoms with Gasteiger partial charge in [-0.1, -0.05) is 13.3 Å². The zero-order valence-electron chi connectivity index (χ0n) is 8.24. The average molecular weight is 204 g/mol. The van der Waals surface area contributed by atoms with Crippen molar-refractivity contribution in [3.8, 4) is 0 Å². The summed E-state index contributed by atoms with van der Waals surface area (Å²) in [6.45, 7) is 3.98. The van der Waals surface area contributed by atoms with Crippen LogP contribution in [0.5, 0.6) is 0 Å². The largest absolute Gasteiger partial charge is 0.503 e. The van der Waals surface area contributed by atoms with Crippen LogP contribution in [0.1, 0.15) is 26.7 Å². The number of hydrazone groups is 1. The van der Waals surface area contributed by atoms with Crippen molar-refractivity contribution in [1.29, 1.82) is 5.41 Å². The fourth-order valence-electron chi connectivity index (χ4n) is 0.573. The lowest BCUT2D eigenvalue weighted by Gasteiger charge is -1.97. The van der Waals surface area contributed by atoms with Gasteiger partial charge < -0.3 is 15.9 Å². The minimum absolute atomic E-state index is 0.115. The number of guanidine groups is 1. The molecule has 0 aliphatic carbocycles. The van der Waals surface area contributed by atoms with Gasteiger partial charge in [0.05, 0.1) is 0 Å². The molecule has 0 saturated heterocycles. The highest BCUT2D eigenvalue weighted by molar-refractivity contribution is 5.83. The second-order valence-electron chi connectivity index (χ2n) is 2.41. The van der Waals surface area contributed by atoms with E-state index in [-0.39, 0.29) is 5.96 Å². The molecule has 14 heavy (non-hydrogen) atoms. The Labute approximate surface area is 82.1 Å². The Kier molecular flexibility index (Phi) is 9.78. The number of hydrogen-bond acceptors (Lipinski definition) is 3. The first-order valence-electron chi connectivity index (χ1n) is 3.95. The van der Waals surface area contributed by atoms with Crippen LogP contribution in [0.25, 0.3) is 0 Å². The summed E-state index contributed by atoms with van der Waals surface area (Å²) in [6, 6.07) is 0. The SMILES string of the molecule is CCCC(C)=NNC(=N)N.O=C(O)O. The van der Waals surface area contributed by atoms with E-state index in [0.717, 1.165) is 18.6 Å². The zero-order chi connectivity index (χ0) is 11.6. The average Bonchev–Trinajstić information content (AvgIpc) is 2.00. The lowest BCUT2D eigenvalue weighted by Crippen LogP contribution is -2.26. The van der Waals surface area contributed by atoms with Gasteiger partial charge in [0.2, 0.25) is 5.96 Å². The van der Waals surface area contributed by atoms with Crippen molar-refractivity contribution in [2.75, 3.05) is 0 Å². The van der Waals surface area contributed by atoms with Crippen LogP contribution < -0.4 is 11.2 Å². The van der Waals surface area contributed by atoms with Crippen LogP contribution in [0.4, 0.5) is 4.79 Å². The quantitative estimate of drug-likeness (QED) is 0.264. The van der Waals surface area contributed by atoms with E-state index in [1.54, 1.807) is 0 Å².